The van der Waals surface area contributed by atoms with E-state index in [0.717, 1.165) is 37.7 Å². The van der Waals surface area contributed by atoms with Crippen LogP contribution >= 0.6 is 0 Å². The lowest BCUT2D eigenvalue weighted by molar-refractivity contribution is -0.135. The van der Waals surface area contributed by atoms with Crippen molar-refractivity contribution in [3.8, 4) is 5.75 Å². The molecule has 0 aliphatic heterocycles. The molecule has 1 aromatic carbocycles. The van der Waals surface area contributed by atoms with Crippen LogP contribution in [0.4, 0.5) is 0 Å². The van der Waals surface area contributed by atoms with Gasteiger partial charge in [-0.05, 0) is 37.1 Å². The first-order chi connectivity index (χ1) is 15.4. The van der Waals surface area contributed by atoms with Gasteiger partial charge in [-0.15, -0.1) is 0 Å². The smallest absolute Gasteiger partial charge is 0.354 e. The lowest BCUT2D eigenvalue weighted by Gasteiger charge is -2.35. The molecule has 0 atom stereocenters. The van der Waals surface area contributed by atoms with Crippen LogP contribution in [0.1, 0.15) is 64.9 Å². The van der Waals surface area contributed by atoms with Crippen LogP contribution in [-0.4, -0.2) is 57.9 Å². The standard InChI is InChI=1S/C23H29N3O6/c1-31-20-9-8-16(23(30)32-2)14-17(20)15-25(18-6-4-3-5-7-18)21(27)11-13-26-19(22(28)29)10-12-24-26/h8-10,12,14,18H,3-7,11,13,15H2,1-2H3,(H,28,29). The van der Waals surface area contributed by atoms with Crippen LogP contribution in [0.25, 0.3) is 0 Å². The van der Waals surface area contributed by atoms with Gasteiger partial charge in [-0.3, -0.25) is 9.48 Å². The van der Waals surface area contributed by atoms with E-state index in [-0.39, 0.29) is 30.6 Å². The number of hydrogen-bond donors (Lipinski definition) is 1. The van der Waals surface area contributed by atoms with Gasteiger partial charge in [-0.2, -0.15) is 5.10 Å². The Hall–Kier alpha value is -3.36. The Kier molecular flexibility index (Phi) is 7.86. The van der Waals surface area contributed by atoms with Crippen LogP contribution in [0.2, 0.25) is 0 Å². The fraction of sp³-hybridized carbons (Fsp3) is 0.478. The zero-order chi connectivity index (χ0) is 23.1. The Morgan fingerprint density at radius 2 is 1.91 bits per heavy atom. The van der Waals surface area contributed by atoms with E-state index in [1.54, 1.807) is 25.3 Å². The van der Waals surface area contributed by atoms with E-state index < -0.39 is 11.9 Å². The highest BCUT2D eigenvalue weighted by Gasteiger charge is 2.27. The molecule has 1 fully saturated rings. The number of carbonyl (C=O) groups excluding carboxylic acids is 2. The third-order valence-electron chi connectivity index (χ3n) is 5.85. The third kappa shape index (κ3) is 5.46. The molecule has 0 saturated heterocycles. The van der Waals surface area contributed by atoms with Crippen LogP contribution in [0.3, 0.4) is 0 Å². The molecule has 1 amide bonds. The minimum Gasteiger partial charge on any atom is -0.496 e. The van der Waals surface area contributed by atoms with Crippen LogP contribution in [0, 0.1) is 0 Å². The number of rotatable bonds is 9. The molecule has 1 aliphatic carbocycles. The molecule has 1 aromatic heterocycles. The van der Waals surface area contributed by atoms with Crippen LogP contribution in [0.15, 0.2) is 30.5 Å². The van der Waals surface area contributed by atoms with Crippen LogP contribution in [-0.2, 0) is 22.6 Å². The number of esters is 1. The fourth-order valence-electron chi connectivity index (χ4n) is 4.18. The lowest BCUT2D eigenvalue weighted by atomic mass is 9.93. The van der Waals surface area contributed by atoms with Gasteiger partial charge in [-0.1, -0.05) is 19.3 Å². The first kappa shape index (κ1) is 23.3. The number of benzene rings is 1. The number of aromatic nitrogens is 2. The summed E-state index contributed by atoms with van der Waals surface area (Å²) in [6, 6.07) is 6.53. The molecule has 9 nitrogen and oxygen atoms in total. The molecule has 1 aliphatic rings. The second-order valence-corrected chi connectivity index (χ2v) is 7.83. The number of hydrogen-bond acceptors (Lipinski definition) is 6. The van der Waals surface area contributed by atoms with Gasteiger partial charge in [0, 0.05) is 30.8 Å². The molecule has 2 aromatic rings. The second-order valence-electron chi connectivity index (χ2n) is 7.83. The van der Waals surface area contributed by atoms with Crippen molar-refractivity contribution in [3.05, 3.63) is 47.3 Å². The Bertz CT molecular complexity index is 964. The van der Waals surface area contributed by atoms with E-state index in [0.29, 0.717) is 17.9 Å². The number of methoxy groups -OCH3 is 2. The van der Waals surface area contributed by atoms with Gasteiger partial charge in [0.2, 0.25) is 5.91 Å². The van der Waals surface area contributed by atoms with Crippen molar-refractivity contribution < 1.29 is 29.0 Å². The molecular weight excluding hydrogens is 414 g/mol. The Labute approximate surface area is 186 Å². The van der Waals surface area contributed by atoms with Crippen LogP contribution in [0.5, 0.6) is 5.75 Å². The van der Waals surface area contributed by atoms with E-state index in [2.05, 4.69) is 5.10 Å². The van der Waals surface area contributed by atoms with E-state index in [1.807, 2.05) is 4.90 Å². The van der Waals surface area contributed by atoms with Gasteiger partial charge in [-0.25, -0.2) is 9.59 Å². The predicted octanol–water partition coefficient (Wildman–Crippen LogP) is 3.13. The number of carboxylic acids is 1. The van der Waals surface area contributed by atoms with Crippen molar-refractivity contribution in [2.45, 2.75) is 57.7 Å². The second kappa shape index (κ2) is 10.8. The third-order valence-corrected chi connectivity index (χ3v) is 5.85. The number of amides is 1. The number of carbonyl (C=O) groups is 3. The minimum atomic E-state index is -1.08. The van der Waals surface area contributed by atoms with E-state index >= 15 is 0 Å². The van der Waals surface area contributed by atoms with Gasteiger partial charge < -0.3 is 19.5 Å². The van der Waals surface area contributed by atoms with Crippen molar-refractivity contribution in [1.29, 1.82) is 0 Å². The average molecular weight is 444 g/mol. The quantitative estimate of drug-likeness (QED) is 0.593. The van der Waals surface area contributed by atoms with E-state index in [4.69, 9.17) is 9.47 Å². The highest BCUT2D eigenvalue weighted by atomic mass is 16.5. The molecule has 3 rings (SSSR count). The first-order valence-corrected chi connectivity index (χ1v) is 10.7. The molecule has 1 N–H and O–H groups in total. The summed E-state index contributed by atoms with van der Waals surface area (Å²) in [5.41, 5.74) is 1.16. The molecule has 0 spiro atoms. The van der Waals surface area contributed by atoms with Crippen molar-refractivity contribution in [2.75, 3.05) is 14.2 Å². The summed E-state index contributed by atoms with van der Waals surface area (Å²) in [6.07, 6.45) is 6.61. The van der Waals surface area contributed by atoms with Crippen molar-refractivity contribution in [2.24, 2.45) is 0 Å². The van der Waals surface area contributed by atoms with Crippen LogP contribution < -0.4 is 4.74 Å². The monoisotopic (exact) mass is 443 g/mol. The zero-order valence-corrected chi connectivity index (χ0v) is 18.5. The number of carboxylic acid groups (broad SMARTS) is 1. The number of aromatic carboxylic acids is 1. The maximum absolute atomic E-state index is 13.3. The Balaban J connectivity index is 1.83. The normalized spacial score (nSPS) is 14.1. The summed E-state index contributed by atoms with van der Waals surface area (Å²) >= 11 is 0. The molecule has 1 heterocycles. The zero-order valence-electron chi connectivity index (χ0n) is 18.5. The molecule has 0 unspecified atom stereocenters. The van der Waals surface area contributed by atoms with Gasteiger partial charge in [0.05, 0.1) is 26.3 Å². The number of aryl methyl sites for hydroxylation is 1. The van der Waals surface area contributed by atoms with E-state index in [9.17, 15) is 19.5 Å². The highest BCUT2D eigenvalue weighted by Crippen LogP contribution is 2.28. The molecule has 0 bridgehead atoms. The Morgan fingerprint density at radius 3 is 2.56 bits per heavy atom. The Morgan fingerprint density at radius 1 is 1.16 bits per heavy atom. The summed E-state index contributed by atoms with van der Waals surface area (Å²) in [4.78, 5) is 38.5. The van der Waals surface area contributed by atoms with Gasteiger partial charge in [0.1, 0.15) is 11.4 Å². The molecular formula is C23H29N3O6. The number of nitrogens with zero attached hydrogens (tertiary/aromatic N) is 3. The fourth-order valence-corrected chi connectivity index (χ4v) is 4.18. The van der Waals surface area contributed by atoms with Crippen molar-refractivity contribution >= 4 is 17.8 Å². The first-order valence-electron chi connectivity index (χ1n) is 10.7. The van der Waals surface area contributed by atoms with Crippen molar-refractivity contribution in [1.82, 2.24) is 14.7 Å². The molecule has 1 saturated carbocycles. The lowest BCUT2D eigenvalue weighted by Crippen LogP contribution is -2.41. The highest BCUT2D eigenvalue weighted by molar-refractivity contribution is 5.90. The molecule has 9 heteroatoms. The van der Waals surface area contributed by atoms with Gasteiger partial charge in [0.25, 0.3) is 0 Å². The number of ether oxygens (including phenoxy) is 2. The van der Waals surface area contributed by atoms with Crippen molar-refractivity contribution in [3.63, 3.8) is 0 Å². The summed E-state index contributed by atoms with van der Waals surface area (Å²) in [5, 5.41) is 13.3. The average Bonchev–Trinajstić information content (AvgIpc) is 3.30. The largest absolute Gasteiger partial charge is 0.496 e. The summed E-state index contributed by atoms with van der Waals surface area (Å²) < 4.78 is 11.6. The molecule has 0 radical (unpaired) electrons. The SMILES string of the molecule is COC(=O)c1ccc(OC)c(CN(C(=O)CCn2nccc2C(=O)O)C2CCCCC2)c1. The van der Waals surface area contributed by atoms with Gasteiger partial charge in [0.15, 0.2) is 0 Å². The topological polar surface area (TPSA) is 111 Å². The maximum atomic E-state index is 13.3. The molecule has 172 valence electrons. The maximum Gasteiger partial charge on any atom is 0.354 e. The van der Waals surface area contributed by atoms with E-state index in [1.165, 1.54) is 24.1 Å². The summed E-state index contributed by atoms with van der Waals surface area (Å²) in [5.74, 6) is -1.03. The minimum absolute atomic E-state index is 0.0504. The molecule has 32 heavy (non-hydrogen) atoms. The van der Waals surface area contributed by atoms with Gasteiger partial charge >= 0.3 is 11.9 Å². The summed E-state index contributed by atoms with van der Waals surface area (Å²) in [6.45, 7) is 0.471. The predicted molar refractivity (Wildman–Crippen MR) is 116 cm³/mol. The summed E-state index contributed by atoms with van der Waals surface area (Å²) in [7, 11) is 2.87.